The Morgan fingerprint density at radius 1 is 1.03 bits per heavy atom. The van der Waals surface area contributed by atoms with Crippen LogP contribution in [-0.4, -0.2) is 34.4 Å². The first kappa shape index (κ1) is 23.6. The number of benzene rings is 2. The molecular formula is C19H15Cl3N4O3S2. The summed E-state index contributed by atoms with van der Waals surface area (Å²) in [6, 6.07) is 12.0. The van der Waals surface area contributed by atoms with E-state index in [-0.39, 0.29) is 18.3 Å². The number of rotatable bonds is 9. The lowest BCUT2D eigenvalue weighted by Crippen LogP contribution is -2.24. The van der Waals surface area contributed by atoms with Gasteiger partial charge in [0, 0.05) is 16.6 Å². The normalized spacial score (nSPS) is 10.5. The molecule has 0 aliphatic heterocycles. The van der Waals surface area contributed by atoms with Crippen LogP contribution < -0.4 is 15.4 Å². The average Bonchev–Trinajstić information content (AvgIpc) is 3.18. The second kappa shape index (κ2) is 11.5. The Morgan fingerprint density at radius 3 is 2.61 bits per heavy atom. The first-order valence-corrected chi connectivity index (χ1v) is 11.7. The lowest BCUT2D eigenvalue weighted by atomic mass is 10.2. The molecule has 0 fully saturated rings. The smallest absolute Gasteiger partial charge is 0.264 e. The van der Waals surface area contributed by atoms with Crippen LogP contribution in [0.4, 0.5) is 5.13 Å². The number of halogens is 3. The predicted octanol–water partition coefficient (Wildman–Crippen LogP) is 4.92. The van der Waals surface area contributed by atoms with Crippen LogP contribution in [0.2, 0.25) is 15.1 Å². The molecule has 31 heavy (non-hydrogen) atoms. The van der Waals surface area contributed by atoms with Gasteiger partial charge < -0.3 is 10.1 Å². The molecule has 2 amide bonds. The van der Waals surface area contributed by atoms with E-state index < -0.39 is 5.91 Å². The Bertz CT molecular complexity index is 1080. The Kier molecular flexibility index (Phi) is 8.79. The van der Waals surface area contributed by atoms with Gasteiger partial charge in [0.25, 0.3) is 5.91 Å². The molecule has 0 aliphatic carbocycles. The number of carbonyl (C=O) groups is 2. The highest BCUT2D eigenvalue weighted by atomic mass is 35.5. The molecule has 0 saturated heterocycles. The van der Waals surface area contributed by atoms with Crippen molar-refractivity contribution < 1.29 is 14.3 Å². The van der Waals surface area contributed by atoms with E-state index in [4.69, 9.17) is 39.5 Å². The molecule has 0 radical (unpaired) electrons. The minimum atomic E-state index is -0.420. The molecule has 0 spiro atoms. The molecule has 3 aromatic rings. The quantitative estimate of drug-likeness (QED) is 0.309. The summed E-state index contributed by atoms with van der Waals surface area (Å²) in [6.07, 6.45) is 0. The second-order valence-electron chi connectivity index (χ2n) is 5.94. The predicted molar refractivity (Wildman–Crippen MR) is 125 cm³/mol. The fourth-order valence-corrected chi connectivity index (χ4v) is 4.49. The molecule has 3 rings (SSSR count). The number of anilines is 1. The zero-order valence-electron chi connectivity index (χ0n) is 15.7. The number of hydrogen-bond acceptors (Lipinski definition) is 7. The van der Waals surface area contributed by atoms with E-state index in [0.717, 1.165) is 16.9 Å². The summed E-state index contributed by atoms with van der Waals surface area (Å²) < 4.78 is 5.92. The lowest BCUT2D eigenvalue weighted by molar-refractivity contribution is -0.119. The van der Waals surface area contributed by atoms with Crippen LogP contribution in [0.3, 0.4) is 0 Å². The van der Waals surface area contributed by atoms with Crippen molar-refractivity contribution in [3.8, 4) is 5.75 Å². The molecule has 12 heteroatoms. The van der Waals surface area contributed by atoms with Gasteiger partial charge in [-0.2, -0.15) is 0 Å². The van der Waals surface area contributed by atoms with Crippen LogP contribution >= 0.6 is 57.9 Å². The van der Waals surface area contributed by atoms with Crippen LogP contribution in [0.5, 0.6) is 5.75 Å². The van der Waals surface area contributed by atoms with E-state index in [1.807, 2.05) is 18.2 Å². The molecule has 2 N–H and O–H groups in total. The fourth-order valence-electron chi connectivity index (χ4n) is 2.22. The minimum Gasteiger partial charge on any atom is -0.482 e. The Morgan fingerprint density at radius 2 is 1.84 bits per heavy atom. The Hall–Kier alpha value is -2.04. The topological polar surface area (TPSA) is 93.2 Å². The lowest BCUT2D eigenvalue weighted by Gasteiger charge is -2.07. The zero-order valence-corrected chi connectivity index (χ0v) is 19.6. The van der Waals surface area contributed by atoms with Crippen LogP contribution in [-0.2, 0) is 16.1 Å². The summed E-state index contributed by atoms with van der Waals surface area (Å²) in [5, 5.41) is 14.9. The van der Waals surface area contributed by atoms with Crippen molar-refractivity contribution in [2.75, 3.05) is 17.7 Å². The number of nitrogens with zero attached hydrogens (tertiary/aromatic N) is 2. The number of hydrogen-bond donors (Lipinski definition) is 2. The summed E-state index contributed by atoms with van der Waals surface area (Å²) in [7, 11) is 0. The van der Waals surface area contributed by atoms with Gasteiger partial charge >= 0.3 is 0 Å². The monoisotopic (exact) mass is 516 g/mol. The van der Waals surface area contributed by atoms with Crippen LogP contribution in [0.25, 0.3) is 0 Å². The number of carbonyl (C=O) groups excluding carboxylic acids is 2. The fraction of sp³-hybridized carbons (Fsp3) is 0.158. The average molecular weight is 518 g/mol. The third-order valence-electron chi connectivity index (χ3n) is 3.67. The first-order valence-electron chi connectivity index (χ1n) is 8.75. The summed E-state index contributed by atoms with van der Waals surface area (Å²) in [4.78, 5) is 24.1. The van der Waals surface area contributed by atoms with Gasteiger partial charge in [-0.15, -0.1) is 10.2 Å². The van der Waals surface area contributed by atoms with Crippen molar-refractivity contribution in [2.24, 2.45) is 0 Å². The van der Waals surface area contributed by atoms with Gasteiger partial charge in [0.2, 0.25) is 11.0 Å². The van der Waals surface area contributed by atoms with E-state index in [2.05, 4.69) is 20.8 Å². The maximum Gasteiger partial charge on any atom is 0.264 e. The molecule has 2 aromatic carbocycles. The molecule has 7 nitrogen and oxygen atoms in total. The Balaban J connectivity index is 1.40. The molecule has 162 valence electrons. The van der Waals surface area contributed by atoms with Gasteiger partial charge in [-0.1, -0.05) is 76.1 Å². The largest absolute Gasteiger partial charge is 0.482 e. The number of aromatic nitrogens is 2. The maximum atomic E-state index is 12.0. The molecule has 0 atom stereocenters. The summed E-state index contributed by atoms with van der Waals surface area (Å²) >= 11 is 20.3. The highest BCUT2D eigenvalue weighted by Gasteiger charge is 2.12. The van der Waals surface area contributed by atoms with Crippen molar-refractivity contribution in [2.45, 2.75) is 10.9 Å². The van der Waals surface area contributed by atoms with Crippen LogP contribution in [0, 0.1) is 0 Å². The number of thioether (sulfide) groups is 1. The van der Waals surface area contributed by atoms with Crippen LogP contribution in [0.15, 0.2) is 46.8 Å². The highest BCUT2D eigenvalue weighted by Crippen LogP contribution is 2.28. The molecule has 1 aromatic heterocycles. The van der Waals surface area contributed by atoms with Gasteiger partial charge in [-0.05, 0) is 29.8 Å². The third-order valence-corrected chi connectivity index (χ3v) is 6.54. The zero-order chi connectivity index (χ0) is 22.2. The van der Waals surface area contributed by atoms with Crippen molar-refractivity contribution >= 4 is 74.8 Å². The second-order valence-corrected chi connectivity index (χ2v) is 9.39. The number of nitrogens with one attached hydrogen (secondary N) is 2. The van der Waals surface area contributed by atoms with Gasteiger partial charge in [0.1, 0.15) is 5.75 Å². The van der Waals surface area contributed by atoms with Gasteiger partial charge in [-0.25, -0.2) is 0 Å². The van der Waals surface area contributed by atoms with E-state index in [1.54, 1.807) is 18.2 Å². The summed E-state index contributed by atoms with van der Waals surface area (Å²) in [6.45, 7) is 0.0853. The van der Waals surface area contributed by atoms with E-state index in [1.165, 1.54) is 17.8 Å². The molecule has 0 saturated carbocycles. The van der Waals surface area contributed by atoms with Gasteiger partial charge in [0.05, 0.1) is 10.8 Å². The molecule has 0 unspecified atom stereocenters. The standard InChI is InChI=1S/C19H15Cl3N4O3S2/c20-12-5-6-15(14(22)7-12)29-9-16(27)24-18-25-26-19(31-18)30-10-17(28)23-8-11-3-1-2-4-13(11)21/h1-7H,8-10H2,(H,23,28)(H,24,25,27). The van der Waals surface area contributed by atoms with Crippen molar-refractivity contribution in [3.63, 3.8) is 0 Å². The van der Waals surface area contributed by atoms with Crippen molar-refractivity contribution in [1.82, 2.24) is 15.5 Å². The molecule has 1 heterocycles. The molecule has 0 aliphatic rings. The Labute approximate surface area is 201 Å². The summed E-state index contributed by atoms with van der Waals surface area (Å²) in [5.74, 6) is -0.0849. The third kappa shape index (κ3) is 7.55. The van der Waals surface area contributed by atoms with Crippen molar-refractivity contribution in [3.05, 3.63) is 63.1 Å². The van der Waals surface area contributed by atoms with Crippen molar-refractivity contribution in [1.29, 1.82) is 0 Å². The SMILES string of the molecule is O=C(CSc1nnc(NC(=O)COc2ccc(Cl)cc2Cl)s1)NCc1ccccc1Cl. The molecule has 0 bridgehead atoms. The number of ether oxygens (including phenoxy) is 1. The van der Waals surface area contributed by atoms with E-state index >= 15 is 0 Å². The van der Waals surface area contributed by atoms with E-state index in [9.17, 15) is 9.59 Å². The van der Waals surface area contributed by atoms with Gasteiger partial charge in [0.15, 0.2) is 10.9 Å². The van der Waals surface area contributed by atoms with Gasteiger partial charge in [-0.3, -0.25) is 14.9 Å². The summed E-state index contributed by atoms with van der Waals surface area (Å²) in [5.41, 5.74) is 0.838. The minimum absolute atomic E-state index is 0.158. The van der Waals surface area contributed by atoms with E-state index in [0.29, 0.717) is 36.8 Å². The molecular weight excluding hydrogens is 503 g/mol. The van der Waals surface area contributed by atoms with Crippen LogP contribution in [0.1, 0.15) is 5.56 Å². The highest BCUT2D eigenvalue weighted by molar-refractivity contribution is 8.01. The first-order chi connectivity index (χ1) is 14.9. The maximum absolute atomic E-state index is 12.0. The number of amides is 2.